The van der Waals surface area contributed by atoms with Gasteiger partial charge in [-0.05, 0) is 37.3 Å². The molecule has 0 unspecified atom stereocenters. The molecule has 1 N–H and O–H groups in total. The second-order valence-electron chi connectivity index (χ2n) is 5.42. The summed E-state index contributed by atoms with van der Waals surface area (Å²) in [5.41, 5.74) is 1.71. The molecule has 0 saturated heterocycles. The molecule has 0 aliphatic heterocycles. The molecule has 0 atom stereocenters. The first kappa shape index (κ1) is 14.0. The molecule has 3 nitrogen and oxygen atoms in total. The highest BCUT2D eigenvalue weighted by atomic mass is 16.1. The number of rotatable bonds is 5. The fraction of sp³-hybridized carbons (Fsp3) is 0.625. The Morgan fingerprint density at radius 1 is 1.37 bits per heavy atom. The molecule has 1 aromatic heterocycles. The number of pyridine rings is 1. The van der Waals surface area contributed by atoms with E-state index in [1.54, 1.807) is 6.20 Å². The molecule has 1 aliphatic rings. The molecule has 3 heteroatoms. The monoisotopic (exact) mass is 260 g/mol. The van der Waals surface area contributed by atoms with E-state index in [-0.39, 0.29) is 5.91 Å². The van der Waals surface area contributed by atoms with Gasteiger partial charge in [-0.3, -0.25) is 9.78 Å². The van der Waals surface area contributed by atoms with Crippen LogP contribution in [0.2, 0.25) is 0 Å². The van der Waals surface area contributed by atoms with E-state index in [1.165, 1.54) is 19.3 Å². The topological polar surface area (TPSA) is 42.0 Å². The van der Waals surface area contributed by atoms with Gasteiger partial charge in [0.15, 0.2) is 0 Å². The van der Waals surface area contributed by atoms with Crippen LogP contribution in [0.15, 0.2) is 18.3 Å². The summed E-state index contributed by atoms with van der Waals surface area (Å²) in [5.74, 6) is 0.0126. The number of nitrogens with one attached hydrogen (secondary N) is 1. The van der Waals surface area contributed by atoms with Crippen molar-refractivity contribution < 1.29 is 4.79 Å². The molecule has 104 valence electrons. The van der Waals surface area contributed by atoms with E-state index < -0.39 is 0 Å². The third-order valence-electron chi connectivity index (χ3n) is 3.85. The van der Waals surface area contributed by atoms with Crippen LogP contribution in [0.3, 0.4) is 0 Å². The van der Waals surface area contributed by atoms with Crippen LogP contribution in [0, 0.1) is 0 Å². The maximum absolute atomic E-state index is 12.3. The Morgan fingerprint density at radius 3 is 2.89 bits per heavy atom. The number of nitrogens with zero attached hydrogens (tertiary/aromatic N) is 1. The SMILES string of the molecule is CCCCc1cccnc1C(=O)NC1CCCCC1. The van der Waals surface area contributed by atoms with Gasteiger partial charge in [0.25, 0.3) is 5.91 Å². The zero-order chi connectivity index (χ0) is 13.5. The van der Waals surface area contributed by atoms with Gasteiger partial charge in [-0.2, -0.15) is 0 Å². The van der Waals surface area contributed by atoms with Crippen molar-refractivity contribution >= 4 is 5.91 Å². The minimum atomic E-state index is 0.0126. The molecular weight excluding hydrogens is 236 g/mol. The quantitative estimate of drug-likeness (QED) is 0.880. The van der Waals surface area contributed by atoms with Crippen LogP contribution in [-0.4, -0.2) is 16.9 Å². The lowest BCUT2D eigenvalue weighted by Gasteiger charge is -2.23. The Morgan fingerprint density at radius 2 is 2.16 bits per heavy atom. The second-order valence-corrected chi connectivity index (χ2v) is 5.42. The first-order chi connectivity index (χ1) is 9.31. The molecule has 0 bridgehead atoms. The maximum atomic E-state index is 12.3. The lowest BCUT2D eigenvalue weighted by molar-refractivity contribution is 0.0921. The highest BCUT2D eigenvalue weighted by Gasteiger charge is 2.19. The van der Waals surface area contributed by atoms with E-state index in [0.29, 0.717) is 11.7 Å². The van der Waals surface area contributed by atoms with Crippen LogP contribution in [-0.2, 0) is 6.42 Å². The maximum Gasteiger partial charge on any atom is 0.270 e. The smallest absolute Gasteiger partial charge is 0.270 e. The molecule has 1 saturated carbocycles. The molecule has 1 aliphatic carbocycles. The van der Waals surface area contributed by atoms with E-state index in [0.717, 1.165) is 37.7 Å². The predicted octanol–water partition coefficient (Wildman–Crippen LogP) is 3.49. The summed E-state index contributed by atoms with van der Waals surface area (Å²) in [5, 5.41) is 3.15. The van der Waals surface area contributed by atoms with Crippen LogP contribution in [0.5, 0.6) is 0 Å². The van der Waals surface area contributed by atoms with Crippen molar-refractivity contribution in [2.75, 3.05) is 0 Å². The summed E-state index contributed by atoms with van der Waals surface area (Å²) in [6.45, 7) is 2.16. The summed E-state index contributed by atoms with van der Waals surface area (Å²) in [4.78, 5) is 16.6. The Kier molecular flexibility index (Phi) is 5.37. The Balaban J connectivity index is 2.00. The van der Waals surface area contributed by atoms with E-state index in [2.05, 4.69) is 17.2 Å². The minimum absolute atomic E-state index is 0.0126. The Bertz CT molecular complexity index is 411. The predicted molar refractivity (Wildman–Crippen MR) is 77.2 cm³/mol. The van der Waals surface area contributed by atoms with Crippen LogP contribution in [0.25, 0.3) is 0 Å². The summed E-state index contributed by atoms with van der Waals surface area (Å²) in [7, 11) is 0. The number of hydrogen-bond acceptors (Lipinski definition) is 2. The summed E-state index contributed by atoms with van der Waals surface area (Å²) < 4.78 is 0. The van der Waals surface area contributed by atoms with Crippen LogP contribution in [0.4, 0.5) is 0 Å². The van der Waals surface area contributed by atoms with Gasteiger partial charge in [0.05, 0.1) is 0 Å². The summed E-state index contributed by atoms with van der Waals surface area (Å²) in [6.07, 6.45) is 10.9. The van der Waals surface area contributed by atoms with Gasteiger partial charge in [0.2, 0.25) is 0 Å². The molecule has 0 radical (unpaired) electrons. The van der Waals surface area contributed by atoms with Gasteiger partial charge in [0, 0.05) is 12.2 Å². The highest BCUT2D eigenvalue weighted by molar-refractivity contribution is 5.93. The molecule has 2 rings (SSSR count). The van der Waals surface area contributed by atoms with Crippen molar-refractivity contribution in [3.8, 4) is 0 Å². The van der Waals surface area contributed by atoms with Crippen LogP contribution in [0.1, 0.15) is 67.9 Å². The van der Waals surface area contributed by atoms with Crippen molar-refractivity contribution in [1.29, 1.82) is 0 Å². The highest BCUT2D eigenvalue weighted by Crippen LogP contribution is 2.18. The molecule has 1 fully saturated rings. The van der Waals surface area contributed by atoms with E-state index in [1.807, 2.05) is 12.1 Å². The number of aromatic nitrogens is 1. The van der Waals surface area contributed by atoms with Crippen molar-refractivity contribution in [2.45, 2.75) is 64.3 Å². The van der Waals surface area contributed by atoms with Crippen molar-refractivity contribution in [3.63, 3.8) is 0 Å². The van der Waals surface area contributed by atoms with Crippen LogP contribution >= 0.6 is 0 Å². The number of unbranched alkanes of at least 4 members (excludes halogenated alkanes) is 1. The lowest BCUT2D eigenvalue weighted by atomic mass is 9.95. The molecule has 0 aromatic carbocycles. The second kappa shape index (κ2) is 7.27. The fourth-order valence-electron chi connectivity index (χ4n) is 2.71. The Hall–Kier alpha value is -1.38. The normalized spacial score (nSPS) is 16.3. The van der Waals surface area contributed by atoms with Crippen molar-refractivity contribution in [1.82, 2.24) is 10.3 Å². The van der Waals surface area contributed by atoms with Crippen LogP contribution < -0.4 is 5.32 Å². The first-order valence-electron chi connectivity index (χ1n) is 7.56. The lowest BCUT2D eigenvalue weighted by Crippen LogP contribution is -2.37. The molecule has 1 aromatic rings. The molecule has 19 heavy (non-hydrogen) atoms. The molecule has 0 spiro atoms. The number of carbonyl (C=O) groups is 1. The van der Waals surface area contributed by atoms with E-state index in [9.17, 15) is 4.79 Å². The van der Waals surface area contributed by atoms with E-state index >= 15 is 0 Å². The van der Waals surface area contributed by atoms with Crippen molar-refractivity contribution in [2.24, 2.45) is 0 Å². The van der Waals surface area contributed by atoms with E-state index in [4.69, 9.17) is 0 Å². The Labute approximate surface area is 115 Å². The van der Waals surface area contributed by atoms with Gasteiger partial charge >= 0.3 is 0 Å². The van der Waals surface area contributed by atoms with Crippen molar-refractivity contribution in [3.05, 3.63) is 29.6 Å². The molecular formula is C16H24N2O. The standard InChI is InChI=1S/C16H24N2O/c1-2-3-8-13-9-7-12-17-15(13)16(19)18-14-10-5-4-6-11-14/h7,9,12,14H,2-6,8,10-11H2,1H3,(H,18,19). The van der Waals surface area contributed by atoms with Gasteiger partial charge in [-0.15, -0.1) is 0 Å². The average molecular weight is 260 g/mol. The average Bonchev–Trinajstić information content (AvgIpc) is 2.46. The number of carbonyl (C=O) groups excluding carboxylic acids is 1. The molecule has 1 amide bonds. The third-order valence-corrected chi connectivity index (χ3v) is 3.85. The zero-order valence-electron chi connectivity index (χ0n) is 11.8. The van der Waals surface area contributed by atoms with Gasteiger partial charge in [0.1, 0.15) is 5.69 Å². The largest absolute Gasteiger partial charge is 0.348 e. The number of hydrogen-bond donors (Lipinski definition) is 1. The fourth-order valence-corrected chi connectivity index (χ4v) is 2.71. The number of amides is 1. The first-order valence-corrected chi connectivity index (χ1v) is 7.56. The zero-order valence-corrected chi connectivity index (χ0v) is 11.8. The number of aryl methyl sites for hydroxylation is 1. The summed E-state index contributed by atoms with van der Waals surface area (Å²) >= 11 is 0. The summed E-state index contributed by atoms with van der Waals surface area (Å²) in [6, 6.07) is 4.29. The van der Waals surface area contributed by atoms with Gasteiger partial charge < -0.3 is 5.32 Å². The van der Waals surface area contributed by atoms with Gasteiger partial charge in [-0.1, -0.05) is 38.7 Å². The minimum Gasteiger partial charge on any atom is -0.348 e. The van der Waals surface area contributed by atoms with Gasteiger partial charge in [-0.25, -0.2) is 0 Å². The third kappa shape index (κ3) is 4.05. The molecule has 1 heterocycles.